The fourth-order valence-corrected chi connectivity index (χ4v) is 6.69. The highest BCUT2D eigenvalue weighted by atomic mass is 16.6. The van der Waals surface area contributed by atoms with E-state index in [2.05, 4.69) is 50.3 Å². The van der Waals surface area contributed by atoms with Crippen LogP contribution in [0.1, 0.15) is 200 Å². The Labute approximate surface area is 344 Å². The number of hydrogen-bond acceptors (Lipinski definition) is 7. The van der Waals surface area contributed by atoms with Crippen molar-refractivity contribution in [3.05, 3.63) is 36.5 Å². The molecule has 0 aromatic rings. The molecule has 0 aliphatic rings. The van der Waals surface area contributed by atoms with Gasteiger partial charge in [0.1, 0.15) is 12.6 Å². The Bertz CT molecular complexity index is 1020. The Balaban J connectivity index is 4.19. The van der Waals surface area contributed by atoms with Crippen LogP contribution in [-0.4, -0.2) is 75.5 Å². The first-order valence-corrected chi connectivity index (χ1v) is 23.0. The number of unbranched alkanes of at least 4 members (excludes halogenated alkanes) is 21. The third-order valence-electron chi connectivity index (χ3n) is 10.3. The number of aliphatic carboxylic acids is 1. The van der Waals surface area contributed by atoms with Crippen molar-refractivity contribution in [1.82, 2.24) is 0 Å². The van der Waals surface area contributed by atoms with Gasteiger partial charge in [-0.3, -0.25) is 9.59 Å². The molecule has 0 bridgehead atoms. The third-order valence-corrected chi connectivity index (χ3v) is 10.3. The predicted molar refractivity (Wildman–Crippen MR) is 231 cm³/mol. The van der Waals surface area contributed by atoms with Crippen LogP contribution in [0.4, 0.5) is 0 Å². The highest BCUT2D eigenvalue weighted by molar-refractivity contribution is 5.70. The second-order valence-corrected chi connectivity index (χ2v) is 16.6. The Morgan fingerprint density at radius 2 is 1.00 bits per heavy atom. The molecule has 2 unspecified atom stereocenters. The lowest BCUT2D eigenvalue weighted by Crippen LogP contribution is -2.55. The van der Waals surface area contributed by atoms with E-state index in [0.717, 1.165) is 51.4 Å². The summed E-state index contributed by atoms with van der Waals surface area (Å²) in [4.78, 5) is 36.7. The van der Waals surface area contributed by atoms with Crippen LogP contribution in [0.5, 0.6) is 0 Å². The van der Waals surface area contributed by atoms with Crippen LogP contribution in [-0.2, 0) is 28.6 Å². The minimum absolute atomic E-state index is 0.0296. The van der Waals surface area contributed by atoms with Crippen molar-refractivity contribution in [1.29, 1.82) is 0 Å². The van der Waals surface area contributed by atoms with Crippen molar-refractivity contribution in [3.63, 3.8) is 0 Å². The SMILES string of the molecule is CC/C=C/C/C=C/CCCCC(=O)OCC(COCCC(C(=O)[O-])[N+](C)(C)C)OC(=O)CCCCCCCCC/C=C/CCCCCCCCCCCCCC. The first-order chi connectivity index (χ1) is 27.1. The Hall–Kier alpha value is -2.45. The fraction of sp³-hybridized carbons (Fsp3) is 0.812. The van der Waals surface area contributed by atoms with E-state index in [1.54, 1.807) is 21.1 Å². The molecule has 326 valence electrons. The smallest absolute Gasteiger partial charge is 0.306 e. The van der Waals surface area contributed by atoms with Gasteiger partial charge >= 0.3 is 11.9 Å². The lowest BCUT2D eigenvalue weighted by atomic mass is 10.0. The number of carbonyl (C=O) groups excluding carboxylic acids is 3. The molecule has 0 saturated carbocycles. The number of ether oxygens (including phenoxy) is 3. The molecule has 0 fully saturated rings. The monoisotopic (exact) mass is 790 g/mol. The van der Waals surface area contributed by atoms with E-state index in [1.165, 1.54) is 116 Å². The molecule has 2 atom stereocenters. The number of rotatable bonds is 41. The zero-order chi connectivity index (χ0) is 41.4. The van der Waals surface area contributed by atoms with Gasteiger partial charge in [0.15, 0.2) is 6.10 Å². The van der Waals surface area contributed by atoms with Gasteiger partial charge in [0.05, 0.1) is 40.3 Å². The number of quaternary nitrogens is 1. The van der Waals surface area contributed by atoms with E-state index in [0.29, 0.717) is 12.8 Å². The molecule has 0 rings (SSSR count). The molecule has 0 aliphatic heterocycles. The molecule has 0 amide bonds. The standard InChI is InChI=1S/C48H87NO7/c1-6-8-10-12-14-16-17-18-19-20-21-22-23-24-25-26-27-28-29-31-33-35-37-39-47(51)56-44(42-54-41-40-45(48(52)53)49(3,4)5)43-55-46(50)38-36-34-32-30-15-13-11-9-7-2/h9,11,15,24-25,30,44-45H,6-8,10,12-14,16-23,26-29,31-43H2,1-5H3/b11-9+,25-24+,30-15+. The van der Waals surface area contributed by atoms with E-state index in [4.69, 9.17) is 14.2 Å². The van der Waals surface area contributed by atoms with Crippen molar-refractivity contribution >= 4 is 17.9 Å². The second kappa shape index (κ2) is 39.4. The maximum atomic E-state index is 12.7. The van der Waals surface area contributed by atoms with Gasteiger partial charge < -0.3 is 28.6 Å². The number of esters is 2. The van der Waals surface area contributed by atoms with Crippen molar-refractivity contribution in [2.24, 2.45) is 0 Å². The van der Waals surface area contributed by atoms with E-state index >= 15 is 0 Å². The minimum atomic E-state index is -1.13. The van der Waals surface area contributed by atoms with Crippen LogP contribution in [0.15, 0.2) is 36.5 Å². The summed E-state index contributed by atoms with van der Waals surface area (Å²) in [7, 11) is 5.39. The number of allylic oxidation sites excluding steroid dienone is 6. The summed E-state index contributed by atoms with van der Waals surface area (Å²) < 4.78 is 17.1. The Morgan fingerprint density at radius 3 is 1.52 bits per heavy atom. The first kappa shape index (κ1) is 53.6. The maximum absolute atomic E-state index is 12.7. The van der Waals surface area contributed by atoms with Crippen LogP contribution < -0.4 is 5.11 Å². The van der Waals surface area contributed by atoms with Gasteiger partial charge in [-0.05, 0) is 64.2 Å². The summed E-state index contributed by atoms with van der Waals surface area (Å²) in [6, 6.07) is -0.730. The van der Waals surface area contributed by atoms with Gasteiger partial charge in [0.25, 0.3) is 0 Å². The van der Waals surface area contributed by atoms with Crippen LogP contribution in [0.2, 0.25) is 0 Å². The molecule has 8 nitrogen and oxygen atoms in total. The van der Waals surface area contributed by atoms with Crippen molar-refractivity contribution in [2.75, 3.05) is 41.0 Å². The van der Waals surface area contributed by atoms with E-state index < -0.39 is 18.1 Å². The molecule has 0 spiro atoms. The molecule has 8 heteroatoms. The molecule has 0 saturated heterocycles. The maximum Gasteiger partial charge on any atom is 0.306 e. The highest BCUT2D eigenvalue weighted by Gasteiger charge is 2.25. The van der Waals surface area contributed by atoms with E-state index in [-0.39, 0.29) is 42.7 Å². The van der Waals surface area contributed by atoms with Gasteiger partial charge in [-0.1, -0.05) is 153 Å². The average Bonchev–Trinajstić information content (AvgIpc) is 3.15. The lowest BCUT2D eigenvalue weighted by molar-refractivity contribution is -0.889. The highest BCUT2D eigenvalue weighted by Crippen LogP contribution is 2.15. The number of carboxylic acids is 1. The largest absolute Gasteiger partial charge is 0.544 e. The summed E-state index contributed by atoms with van der Waals surface area (Å²) in [6.07, 6.45) is 44.9. The molecule has 0 aromatic carbocycles. The Morgan fingerprint density at radius 1 is 0.554 bits per heavy atom. The van der Waals surface area contributed by atoms with Crippen LogP contribution in [0.25, 0.3) is 0 Å². The summed E-state index contributed by atoms with van der Waals surface area (Å²) in [5.41, 5.74) is 0. The van der Waals surface area contributed by atoms with E-state index in [9.17, 15) is 19.5 Å². The minimum Gasteiger partial charge on any atom is -0.544 e. The van der Waals surface area contributed by atoms with Gasteiger partial charge in [-0.2, -0.15) is 0 Å². The zero-order valence-corrected chi connectivity index (χ0v) is 37.1. The van der Waals surface area contributed by atoms with E-state index in [1.807, 2.05) is 0 Å². The summed E-state index contributed by atoms with van der Waals surface area (Å²) >= 11 is 0. The second-order valence-electron chi connectivity index (χ2n) is 16.6. The number of carbonyl (C=O) groups is 3. The van der Waals surface area contributed by atoms with Gasteiger partial charge in [0, 0.05) is 19.3 Å². The molecule has 56 heavy (non-hydrogen) atoms. The molecule has 0 aliphatic carbocycles. The lowest BCUT2D eigenvalue weighted by Gasteiger charge is -2.34. The molecule has 0 N–H and O–H groups in total. The predicted octanol–water partition coefficient (Wildman–Crippen LogP) is 11.3. The quantitative estimate of drug-likeness (QED) is 0.0263. The van der Waals surface area contributed by atoms with Gasteiger partial charge in [-0.15, -0.1) is 0 Å². The molecule has 0 radical (unpaired) electrons. The van der Waals surface area contributed by atoms with Crippen LogP contribution >= 0.6 is 0 Å². The molecular weight excluding hydrogens is 703 g/mol. The zero-order valence-electron chi connectivity index (χ0n) is 37.1. The first-order valence-electron chi connectivity index (χ1n) is 23.0. The summed E-state index contributed by atoms with van der Waals surface area (Å²) in [5.74, 6) is -1.78. The normalized spacial score (nSPS) is 13.2. The topological polar surface area (TPSA) is 102 Å². The number of likely N-dealkylation sites (N-methyl/N-ethyl adjacent to an activating group) is 1. The molecule has 0 heterocycles. The summed E-state index contributed by atoms with van der Waals surface area (Å²) in [6.45, 7) is 4.50. The molecule has 0 aromatic heterocycles. The third kappa shape index (κ3) is 37.1. The fourth-order valence-electron chi connectivity index (χ4n) is 6.69. The van der Waals surface area contributed by atoms with Crippen molar-refractivity contribution < 1.29 is 38.2 Å². The Kier molecular flexibility index (Phi) is 37.7. The summed E-state index contributed by atoms with van der Waals surface area (Å²) in [5, 5.41) is 11.6. The molecular formula is C48H87NO7. The van der Waals surface area contributed by atoms with Crippen LogP contribution in [0.3, 0.4) is 0 Å². The van der Waals surface area contributed by atoms with Crippen molar-refractivity contribution in [3.8, 4) is 0 Å². The van der Waals surface area contributed by atoms with Crippen molar-refractivity contribution in [2.45, 2.75) is 212 Å². The van der Waals surface area contributed by atoms with Crippen LogP contribution in [0, 0.1) is 0 Å². The average molecular weight is 790 g/mol. The number of nitrogens with zero attached hydrogens (tertiary/aromatic N) is 1. The number of hydrogen-bond donors (Lipinski definition) is 0. The number of carboxylic acid groups (broad SMARTS) is 1. The van der Waals surface area contributed by atoms with Gasteiger partial charge in [-0.25, -0.2) is 0 Å². The van der Waals surface area contributed by atoms with Gasteiger partial charge in [0.2, 0.25) is 0 Å².